The van der Waals surface area contributed by atoms with Gasteiger partial charge in [-0.05, 0) is 36.7 Å². The van der Waals surface area contributed by atoms with Crippen molar-refractivity contribution in [2.45, 2.75) is 13.8 Å². The molecule has 0 aliphatic carbocycles. The minimum absolute atomic E-state index is 0.287. The number of rotatable bonds is 2. The molecule has 94 valence electrons. The van der Waals surface area contributed by atoms with Crippen LogP contribution in [0.3, 0.4) is 0 Å². The first-order valence-electron chi connectivity index (χ1n) is 5.11. The van der Waals surface area contributed by atoms with E-state index in [2.05, 4.69) is 0 Å². The minimum atomic E-state index is -0.620. The van der Waals surface area contributed by atoms with E-state index in [1.807, 2.05) is 0 Å². The van der Waals surface area contributed by atoms with Gasteiger partial charge >= 0.3 is 5.97 Å². The summed E-state index contributed by atoms with van der Waals surface area (Å²) in [4.78, 5) is 27.6. The molecule has 2 aromatic rings. The average molecular weight is 286 g/mol. The largest absolute Gasteiger partial charge is 0.337 e. The minimum Gasteiger partial charge on any atom is -0.337 e. The molecule has 1 aromatic carbocycles. The maximum absolute atomic E-state index is 11.5. The molecule has 0 aliphatic rings. The summed E-state index contributed by atoms with van der Waals surface area (Å²) in [7, 11) is 0. The monoisotopic (exact) mass is 285 g/mol. The molecular formula is C12H9Cl2NO3. The van der Waals surface area contributed by atoms with Crippen LogP contribution in [0.25, 0.3) is 10.9 Å². The molecule has 0 radical (unpaired) electrons. The van der Waals surface area contributed by atoms with Crippen LogP contribution in [-0.2, 0) is 4.79 Å². The Morgan fingerprint density at radius 2 is 2.00 bits per heavy atom. The lowest BCUT2D eigenvalue weighted by Gasteiger charge is -2.05. The molecule has 0 amide bonds. The predicted molar refractivity (Wildman–Crippen MR) is 69.1 cm³/mol. The lowest BCUT2D eigenvalue weighted by molar-refractivity contribution is -0.141. The predicted octanol–water partition coefficient (Wildman–Crippen LogP) is 2.96. The van der Waals surface area contributed by atoms with Gasteiger partial charge in [0.25, 0.3) is 5.24 Å². The highest BCUT2D eigenvalue weighted by Crippen LogP contribution is 2.28. The third-order valence-electron chi connectivity index (χ3n) is 2.53. The Kier molecular flexibility index (Phi) is 3.32. The molecular weight excluding hydrogens is 277 g/mol. The van der Waals surface area contributed by atoms with Crippen molar-refractivity contribution in [3.05, 3.63) is 34.5 Å². The third-order valence-corrected chi connectivity index (χ3v) is 2.95. The summed E-state index contributed by atoms with van der Waals surface area (Å²) in [6.07, 6.45) is 0. The molecule has 0 saturated heterocycles. The molecule has 0 saturated carbocycles. The van der Waals surface area contributed by atoms with Crippen LogP contribution in [0.5, 0.6) is 0 Å². The van der Waals surface area contributed by atoms with Gasteiger partial charge in [-0.1, -0.05) is 11.6 Å². The molecule has 0 unspecified atom stereocenters. The van der Waals surface area contributed by atoms with Crippen molar-refractivity contribution < 1.29 is 14.4 Å². The van der Waals surface area contributed by atoms with Gasteiger partial charge in [-0.3, -0.25) is 4.79 Å². The lowest BCUT2D eigenvalue weighted by Crippen LogP contribution is -2.17. The highest BCUT2D eigenvalue weighted by atomic mass is 35.5. The van der Waals surface area contributed by atoms with Crippen molar-refractivity contribution in [1.29, 1.82) is 0 Å². The smallest absolute Gasteiger partial charge is 0.329 e. The number of benzene rings is 1. The van der Waals surface area contributed by atoms with Crippen LogP contribution >= 0.6 is 23.2 Å². The van der Waals surface area contributed by atoms with Crippen LogP contribution in [0.15, 0.2) is 18.2 Å². The Morgan fingerprint density at radius 1 is 1.33 bits per heavy atom. The number of halogens is 2. The zero-order chi connectivity index (χ0) is 13.4. The fourth-order valence-electron chi connectivity index (χ4n) is 1.86. The molecule has 0 spiro atoms. The Bertz CT molecular complexity index is 661. The van der Waals surface area contributed by atoms with E-state index in [1.54, 1.807) is 25.1 Å². The molecule has 0 aliphatic heterocycles. The molecule has 0 atom stereocenters. The van der Waals surface area contributed by atoms with Crippen molar-refractivity contribution in [1.82, 2.24) is 4.73 Å². The number of fused-ring (bicyclic) bond motifs is 1. The van der Waals surface area contributed by atoms with Crippen molar-refractivity contribution in [2.75, 3.05) is 0 Å². The van der Waals surface area contributed by atoms with Crippen LogP contribution < -0.4 is 4.84 Å². The summed E-state index contributed by atoms with van der Waals surface area (Å²) >= 11 is 11.4. The molecule has 6 heteroatoms. The van der Waals surface area contributed by atoms with Gasteiger partial charge in [0, 0.05) is 17.3 Å². The number of carbonyl (C=O) groups excluding carboxylic acids is 2. The van der Waals surface area contributed by atoms with Gasteiger partial charge < -0.3 is 4.84 Å². The van der Waals surface area contributed by atoms with Crippen LogP contribution in [0, 0.1) is 6.92 Å². The Balaban J connectivity index is 2.82. The summed E-state index contributed by atoms with van der Waals surface area (Å²) in [5, 5.41) is 0.411. The van der Waals surface area contributed by atoms with E-state index in [1.165, 1.54) is 11.7 Å². The van der Waals surface area contributed by atoms with E-state index < -0.39 is 11.2 Å². The second kappa shape index (κ2) is 4.63. The van der Waals surface area contributed by atoms with Crippen molar-refractivity contribution in [3.8, 4) is 0 Å². The quantitative estimate of drug-likeness (QED) is 0.797. The van der Waals surface area contributed by atoms with E-state index in [0.29, 0.717) is 21.6 Å². The first-order chi connectivity index (χ1) is 8.41. The van der Waals surface area contributed by atoms with Crippen LogP contribution in [0.1, 0.15) is 23.0 Å². The lowest BCUT2D eigenvalue weighted by atomic mass is 10.1. The number of hydrogen-bond donors (Lipinski definition) is 0. The highest BCUT2D eigenvalue weighted by molar-refractivity contribution is 6.68. The Labute approximate surface area is 113 Å². The number of nitrogens with zero attached hydrogens (tertiary/aromatic N) is 1. The molecule has 18 heavy (non-hydrogen) atoms. The molecule has 0 N–H and O–H groups in total. The van der Waals surface area contributed by atoms with E-state index in [4.69, 9.17) is 28.0 Å². The molecule has 2 rings (SSSR count). The van der Waals surface area contributed by atoms with Crippen LogP contribution in [-0.4, -0.2) is 15.9 Å². The zero-order valence-electron chi connectivity index (χ0n) is 9.66. The summed E-state index contributed by atoms with van der Waals surface area (Å²) < 4.78 is 1.28. The Hall–Kier alpha value is -1.52. The van der Waals surface area contributed by atoms with Gasteiger partial charge in [0.15, 0.2) is 0 Å². The van der Waals surface area contributed by atoms with E-state index >= 15 is 0 Å². The van der Waals surface area contributed by atoms with Gasteiger partial charge in [-0.25, -0.2) is 4.79 Å². The van der Waals surface area contributed by atoms with Crippen LogP contribution in [0.2, 0.25) is 5.02 Å². The summed E-state index contributed by atoms with van der Waals surface area (Å²) in [6, 6.07) is 4.92. The molecule has 1 aromatic heterocycles. The molecule has 1 heterocycles. The number of carbonyl (C=O) groups is 2. The topological polar surface area (TPSA) is 48.3 Å². The van der Waals surface area contributed by atoms with Gasteiger partial charge in [-0.15, -0.1) is 0 Å². The number of aromatic nitrogens is 1. The first kappa shape index (κ1) is 12.9. The fraction of sp³-hybridized carbons (Fsp3) is 0.167. The standard InChI is InChI=1S/C12H9Cl2NO3/c1-6-11(12(14)17)9-5-8(13)3-4-10(9)15(6)18-7(2)16/h3-5H,1-2H3. The maximum atomic E-state index is 11.5. The summed E-state index contributed by atoms with van der Waals surface area (Å²) in [6.45, 7) is 2.93. The van der Waals surface area contributed by atoms with E-state index in [-0.39, 0.29) is 5.56 Å². The summed E-state index contributed by atoms with van der Waals surface area (Å²) in [5.74, 6) is -0.487. The maximum Gasteiger partial charge on any atom is 0.329 e. The SMILES string of the molecule is CC(=O)On1c(C)c(C(=O)Cl)c2cc(Cl)ccc21. The summed E-state index contributed by atoms with van der Waals surface area (Å²) in [5.41, 5.74) is 1.31. The zero-order valence-corrected chi connectivity index (χ0v) is 11.2. The molecule has 0 fully saturated rings. The fourth-order valence-corrected chi connectivity index (χ4v) is 2.27. The van der Waals surface area contributed by atoms with Crippen molar-refractivity contribution in [3.63, 3.8) is 0 Å². The van der Waals surface area contributed by atoms with Gasteiger partial charge in [0.05, 0.1) is 16.8 Å². The first-order valence-corrected chi connectivity index (χ1v) is 5.86. The van der Waals surface area contributed by atoms with Gasteiger partial charge in [0.1, 0.15) is 0 Å². The highest BCUT2D eigenvalue weighted by Gasteiger charge is 2.20. The third kappa shape index (κ3) is 2.09. The average Bonchev–Trinajstić information content (AvgIpc) is 2.50. The van der Waals surface area contributed by atoms with Gasteiger partial charge in [0.2, 0.25) is 0 Å². The van der Waals surface area contributed by atoms with Crippen molar-refractivity contribution in [2.24, 2.45) is 0 Å². The van der Waals surface area contributed by atoms with Crippen LogP contribution in [0.4, 0.5) is 0 Å². The van der Waals surface area contributed by atoms with Crippen molar-refractivity contribution >= 4 is 45.3 Å². The molecule has 0 bridgehead atoms. The normalized spacial score (nSPS) is 10.7. The second-order valence-electron chi connectivity index (χ2n) is 3.77. The number of hydrogen-bond acceptors (Lipinski definition) is 3. The van der Waals surface area contributed by atoms with E-state index in [9.17, 15) is 9.59 Å². The Morgan fingerprint density at radius 3 is 2.56 bits per heavy atom. The van der Waals surface area contributed by atoms with Gasteiger partial charge in [-0.2, -0.15) is 4.73 Å². The van der Waals surface area contributed by atoms with E-state index in [0.717, 1.165) is 0 Å². The molecule has 4 nitrogen and oxygen atoms in total. The second-order valence-corrected chi connectivity index (χ2v) is 4.55.